The Balaban J connectivity index is 1.72. The zero-order chi connectivity index (χ0) is 16.3. The number of rotatable bonds is 8. The highest BCUT2D eigenvalue weighted by molar-refractivity contribution is 5.82. The maximum atomic E-state index is 11.6. The second-order valence-corrected chi connectivity index (χ2v) is 5.12. The van der Waals surface area contributed by atoms with Crippen LogP contribution in [0.1, 0.15) is 30.9 Å². The highest BCUT2D eigenvalue weighted by Gasteiger charge is 2.01. The molecule has 1 aromatic carbocycles. The largest absolute Gasteiger partial charge is 0.484 e. The Morgan fingerprint density at radius 3 is 2.83 bits per heavy atom. The van der Waals surface area contributed by atoms with Crippen LogP contribution in [0.3, 0.4) is 0 Å². The van der Waals surface area contributed by atoms with Gasteiger partial charge in [-0.2, -0.15) is 5.10 Å². The average molecular weight is 311 g/mol. The van der Waals surface area contributed by atoms with Gasteiger partial charge in [0.15, 0.2) is 6.61 Å². The number of carbonyl (C=O) groups is 1. The van der Waals surface area contributed by atoms with Crippen molar-refractivity contribution in [2.24, 2.45) is 5.10 Å². The molecule has 0 fully saturated rings. The standard InChI is InChI=1S/C18H21N3O2/c1-2-3-5-15-7-9-17(10-8-15)23-14-18(22)21-20-13-16-6-4-11-19-12-16/h4,6-13H,2-3,5,14H2,1H3,(H,21,22)/b20-13-. The predicted octanol–water partition coefficient (Wildman–Crippen LogP) is 2.95. The first-order valence-corrected chi connectivity index (χ1v) is 7.71. The summed E-state index contributed by atoms with van der Waals surface area (Å²) in [5, 5.41) is 3.86. The van der Waals surface area contributed by atoms with Crippen molar-refractivity contribution in [2.45, 2.75) is 26.2 Å². The van der Waals surface area contributed by atoms with Gasteiger partial charge in [-0.15, -0.1) is 0 Å². The Labute approximate surface area is 136 Å². The molecule has 23 heavy (non-hydrogen) atoms. The molecule has 0 unspecified atom stereocenters. The number of ether oxygens (including phenoxy) is 1. The highest BCUT2D eigenvalue weighted by Crippen LogP contribution is 2.13. The van der Waals surface area contributed by atoms with Crippen LogP contribution in [-0.4, -0.2) is 23.7 Å². The number of hydrogen-bond donors (Lipinski definition) is 1. The van der Waals surface area contributed by atoms with E-state index >= 15 is 0 Å². The van der Waals surface area contributed by atoms with Gasteiger partial charge in [-0.25, -0.2) is 5.43 Å². The lowest BCUT2D eigenvalue weighted by molar-refractivity contribution is -0.123. The number of unbranched alkanes of at least 4 members (excludes halogenated alkanes) is 1. The topological polar surface area (TPSA) is 63.6 Å². The Hall–Kier alpha value is -2.69. The van der Waals surface area contributed by atoms with Gasteiger partial charge in [0.1, 0.15) is 5.75 Å². The van der Waals surface area contributed by atoms with Crippen molar-refractivity contribution in [3.05, 3.63) is 59.9 Å². The van der Waals surface area contributed by atoms with Crippen molar-refractivity contribution in [1.29, 1.82) is 0 Å². The van der Waals surface area contributed by atoms with Gasteiger partial charge in [0, 0.05) is 18.0 Å². The highest BCUT2D eigenvalue weighted by atomic mass is 16.5. The average Bonchev–Trinajstić information content (AvgIpc) is 2.60. The summed E-state index contributed by atoms with van der Waals surface area (Å²) in [5.74, 6) is 0.372. The molecule has 0 radical (unpaired) electrons. The summed E-state index contributed by atoms with van der Waals surface area (Å²) in [5.41, 5.74) is 4.52. The van der Waals surface area contributed by atoms with Crippen molar-refractivity contribution in [1.82, 2.24) is 10.4 Å². The fourth-order valence-electron chi connectivity index (χ4n) is 1.95. The quantitative estimate of drug-likeness (QED) is 0.602. The summed E-state index contributed by atoms with van der Waals surface area (Å²) in [6.45, 7) is 2.10. The third kappa shape index (κ3) is 6.30. The van der Waals surface area contributed by atoms with E-state index in [-0.39, 0.29) is 12.5 Å². The number of pyridine rings is 1. The van der Waals surface area contributed by atoms with E-state index in [2.05, 4.69) is 22.4 Å². The third-order valence-electron chi connectivity index (χ3n) is 3.20. The number of aryl methyl sites for hydroxylation is 1. The zero-order valence-corrected chi connectivity index (χ0v) is 13.2. The SMILES string of the molecule is CCCCc1ccc(OCC(=O)N/N=C\c2cccnc2)cc1. The molecule has 1 aromatic heterocycles. The van der Waals surface area contributed by atoms with Crippen LogP contribution >= 0.6 is 0 Å². The van der Waals surface area contributed by atoms with E-state index in [1.165, 1.54) is 24.6 Å². The van der Waals surface area contributed by atoms with Crippen molar-refractivity contribution >= 4 is 12.1 Å². The third-order valence-corrected chi connectivity index (χ3v) is 3.20. The van der Waals surface area contributed by atoms with Gasteiger partial charge in [-0.05, 0) is 36.6 Å². The van der Waals surface area contributed by atoms with Gasteiger partial charge < -0.3 is 4.74 Å². The van der Waals surface area contributed by atoms with E-state index in [9.17, 15) is 4.79 Å². The lowest BCUT2D eigenvalue weighted by Gasteiger charge is -2.06. The van der Waals surface area contributed by atoms with Gasteiger partial charge in [0.2, 0.25) is 0 Å². The second kappa shape index (κ2) is 9.35. The Morgan fingerprint density at radius 1 is 1.30 bits per heavy atom. The molecule has 0 aliphatic carbocycles. The molecule has 5 heteroatoms. The van der Waals surface area contributed by atoms with Crippen LogP contribution in [0.5, 0.6) is 5.75 Å². The van der Waals surface area contributed by atoms with Crippen LogP contribution in [-0.2, 0) is 11.2 Å². The molecule has 2 rings (SSSR count). The molecule has 0 bridgehead atoms. The van der Waals surface area contributed by atoms with E-state index in [4.69, 9.17) is 4.74 Å². The molecule has 1 N–H and O–H groups in total. The minimum absolute atomic E-state index is 0.0707. The molecule has 0 aliphatic rings. The number of nitrogens with one attached hydrogen (secondary N) is 1. The van der Waals surface area contributed by atoms with E-state index in [1.54, 1.807) is 18.5 Å². The monoisotopic (exact) mass is 311 g/mol. The van der Waals surface area contributed by atoms with Crippen LogP contribution in [0.25, 0.3) is 0 Å². The minimum Gasteiger partial charge on any atom is -0.484 e. The lowest BCUT2D eigenvalue weighted by Crippen LogP contribution is -2.24. The summed E-state index contributed by atoms with van der Waals surface area (Å²) in [7, 11) is 0. The molecule has 1 amide bonds. The molecule has 1 heterocycles. The molecule has 0 atom stereocenters. The van der Waals surface area contributed by atoms with E-state index in [0.717, 1.165) is 12.0 Å². The smallest absolute Gasteiger partial charge is 0.277 e. The Morgan fingerprint density at radius 2 is 2.13 bits per heavy atom. The number of hydrazone groups is 1. The number of amides is 1. The number of hydrogen-bond acceptors (Lipinski definition) is 4. The zero-order valence-electron chi connectivity index (χ0n) is 13.2. The molecule has 120 valence electrons. The molecule has 2 aromatic rings. The van der Waals surface area contributed by atoms with Crippen LogP contribution in [0.2, 0.25) is 0 Å². The van der Waals surface area contributed by atoms with Gasteiger partial charge >= 0.3 is 0 Å². The first kappa shape index (κ1) is 16.7. The molecule has 0 aliphatic heterocycles. The van der Waals surface area contributed by atoms with Crippen LogP contribution < -0.4 is 10.2 Å². The molecule has 5 nitrogen and oxygen atoms in total. The van der Waals surface area contributed by atoms with Crippen molar-refractivity contribution in [3.63, 3.8) is 0 Å². The number of nitrogens with zero attached hydrogens (tertiary/aromatic N) is 2. The Bertz CT molecular complexity index is 624. The summed E-state index contributed by atoms with van der Waals surface area (Å²) in [6.07, 6.45) is 8.30. The van der Waals surface area contributed by atoms with Gasteiger partial charge in [0.05, 0.1) is 6.21 Å². The molecule has 0 saturated heterocycles. The fourth-order valence-corrected chi connectivity index (χ4v) is 1.95. The number of carbonyl (C=O) groups excluding carboxylic acids is 1. The maximum Gasteiger partial charge on any atom is 0.277 e. The minimum atomic E-state index is -0.305. The summed E-state index contributed by atoms with van der Waals surface area (Å²) < 4.78 is 5.43. The molecular formula is C18H21N3O2. The maximum absolute atomic E-state index is 11.6. The molecule has 0 saturated carbocycles. The van der Waals surface area contributed by atoms with Crippen LogP contribution in [0.4, 0.5) is 0 Å². The van der Waals surface area contributed by atoms with Crippen molar-refractivity contribution in [2.75, 3.05) is 6.61 Å². The normalized spacial score (nSPS) is 10.7. The van der Waals surface area contributed by atoms with Gasteiger partial charge in [-0.1, -0.05) is 31.5 Å². The first-order chi connectivity index (χ1) is 11.3. The summed E-state index contributed by atoms with van der Waals surface area (Å²) in [6, 6.07) is 11.5. The summed E-state index contributed by atoms with van der Waals surface area (Å²) in [4.78, 5) is 15.6. The fraction of sp³-hybridized carbons (Fsp3) is 0.278. The summed E-state index contributed by atoms with van der Waals surface area (Å²) >= 11 is 0. The van der Waals surface area contributed by atoms with Crippen LogP contribution in [0, 0.1) is 0 Å². The molecular weight excluding hydrogens is 290 g/mol. The Kier molecular flexibility index (Phi) is 6.78. The van der Waals surface area contributed by atoms with E-state index < -0.39 is 0 Å². The van der Waals surface area contributed by atoms with Crippen molar-refractivity contribution in [3.8, 4) is 5.75 Å². The first-order valence-electron chi connectivity index (χ1n) is 7.71. The number of aromatic nitrogens is 1. The lowest BCUT2D eigenvalue weighted by atomic mass is 10.1. The van der Waals surface area contributed by atoms with Crippen molar-refractivity contribution < 1.29 is 9.53 Å². The van der Waals surface area contributed by atoms with E-state index in [0.29, 0.717) is 5.75 Å². The number of benzene rings is 1. The van der Waals surface area contributed by atoms with Gasteiger partial charge in [0.25, 0.3) is 5.91 Å². The van der Waals surface area contributed by atoms with Crippen LogP contribution in [0.15, 0.2) is 53.9 Å². The van der Waals surface area contributed by atoms with E-state index in [1.807, 2.05) is 30.3 Å². The predicted molar refractivity (Wildman–Crippen MR) is 90.5 cm³/mol. The second-order valence-electron chi connectivity index (χ2n) is 5.12. The van der Waals surface area contributed by atoms with Gasteiger partial charge in [-0.3, -0.25) is 9.78 Å². The molecule has 0 spiro atoms.